The fourth-order valence-electron chi connectivity index (χ4n) is 6.23. The highest BCUT2D eigenvalue weighted by Gasteiger charge is 2.21. The first-order valence-electron chi connectivity index (χ1n) is 16.8. The van der Waals surface area contributed by atoms with E-state index < -0.39 is 0 Å². The number of rotatable bonds is 8. The molecule has 0 radical (unpaired) electrons. The van der Waals surface area contributed by atoms with Crippen LogP contribution in [0, 0.1) is 30.1 Å². The molecule has 0 amide bonds. The second-order valence-corrected chi connectivity index (χ2v) is 12.3. The molecule has 0 bridgehead atoms. The van der Waals surface area contributed by atoms with Gasteiger partial charge in [0.2, 0.25) is 0 Å². The van der Waals surface area contributed by atoms with E-state index >= 15 is 0 Å². The SMILES string of the molecule is C.CC.CCc1ccc(/C(C)=C(\C)C=C=C(C)C2CCCC(Cc3cccc(C)c3/C=C(\C)c3ccc(C#N)cc3)CC2)cc1.[HH]. The molecule has 4 rings (SSSR count). The van der Waals surface area contributed by atoms with Crippen LogP contribution in [0.15, 0.2) is 89.7 Å². The number of nitriles is 1. The van der Waals surface area contributed by atoms with Crippen molar-refractivity contribution in [1.82, 2.24) is 0 Å². The molecule has 3 aromatic rings. The van der Waals surface area contributed by atoms with E-state index in [0.29, 0.717) is 17.4 Å². The van der Waals surface area contributed by atoms with Crippen LogP contribution in [-0.2, 0) is 12.8 Å². The molecule has 0 saturated heterocycles. The highest BCUT2D eigenvalue weighted by atomic mass is 14.3. The van der Waals surface area contributed by atoms with E-state index in [1.54, 1.807) is 0 Å². The van der Waals surface area contributed by atoms with Gasteiger partial charge in [-0.1, -0.05) is 102 Å². The Labute approximate surface area is 277 Å². The van der Waals surface area contributed by atoms with Crippen molar-refractivity contribution in [3.05, 3.63) is 129 Å². The van der Waals surface area contributed by atoms with Crippen LogP contribution in [0.5, 0.6) is 0 Å². The molecule has 1 nitrogen and oxygen atoms in total. The molecule has 45 heavy (non-hydrogen) atoms. The number of hydrogen-bond donors (Lipinski definition) is 0. The molecule has 0 spiro atoms. The molecule has 1 saturated carbocycles. The predicted octanol–water partition coefficient (Wildman–Crippen LogP) is 13.2. The summed E-state index contributed by atoms with van der Waals surface area (Å²) in [4.78, 5) is 0. The van der Waals surface area contributed by atoms with Crippen molar-refractivity contribution in [2.75, 3.05) is 0 Å². The smallest absolute Gasteiger partial charge is 0.0991 e. The summed E-state index contributed by atoms with van der Waals surface area (Å²) in [5.74, 6) is 1.34. The Balaban J connectivity index is 0.00000259. The Morgan fingerprint density at radius 1 is 0.867 bits per heavy atom. The summed E-state index contributed by atoms with van der Waals surface area (Å²) >= 11 is 0. The summed E-state index contributed by atoms with van der Waals surface area (Å²) in [6.07, 6.45) is 13.1. The van der Waals surface area contributed by atoms with Crippen molar-refractivity contribution >= 4 is 17.2 Å². The van der Waals surface area contributed by atoms with Crippen LogP contribution in [0.2, 0.25) is 0 Å². The summed E-state index contributed by atoms with van der Waals surface area (Å²) in [7, 11) is 0. The summed E-state index contributed by atoms with van der Waals surface area (Å²) in [6.45, 7) is 17.3. The van der Waals surface area contributed by atoms with Crippen molar-refractivity contribution in [2.24, 2.45) is 11.8 Å². The van der Waals surface area contributed by atoms with Gasteiger partial charge >= 0.3 is 0 Å². The van der Waals surface area contributed by atoms with Gasteiger partial charge in [-0.05, 0) is 152 Å². The zero-order chi connectivity index (χ0) is 32.1. The number of aryl methyl sites for hydroxylation is 2. The topological polar surface area (TPSA) is 23.8 Å². The van der Waals surface area contributed by atoms with Gasteiger partial charge in [-0.3, -0.25) is 0 Å². The summed E-state index contributed by atoms with van der Waals surface area (Å²) in [5, 5.41) is 9.15. The van der Waals surface area contributed by atoms with E-state index in [1.807, 2.05) is 26.0 Å². The molecule has 240 valence electrons. The molecule has 0 aliphatic heterocycles. The van der Waals surface area contributed by atoms with Crippen molar-refractivity contribution in [1.29, 1.82) is 5.26 Å². The van der Waals surface area contributed by atoms with Crippen molar-refractivity contribution in [3.8, 4) is 6.07 Å². The Kier molecular flexibility index (Phi) is 15.6. The molecule has 1 fully saturated rings. The average molecular weight is 602 g/mol. The van der Waals surface area contributed by atoms with E-state index in [0.717, 1.165) is 12.8 Å². The lowest BCUT2D eigenvalue weighted by molar-refractivity contribution is 0.448. The van der Waals surface area contributed by atoms with Crippen molar-refractivity contribution < 1.29 is 1.43 Å². The van der Waals surface area contributed by atoms with E-state index in [2.05, 4.69) is 120 Å². The third kappa shape index (κ3) is 10.6. The molecule has 1 aliphatic carbocycles. The lowest BCUT2D eigenvalue weighted by Gasteiger charge is -2.18. The minimum atomic E-state index is 0. The molecule has 2 atom stereocenters. The third-order valence-electron chi connectivity index (χ3n) is 9.36. The maximum absolute atomic E-state index is 9.15. The van der Waals surface area contributed by atoms with E-state index in [-0.39, 0.29) is 8.85 Å². The van der Waals surface area contributed by atoms with Gasteiger partial charge in [0.15, 0.2) is 0 Å². The number of hydrogen-bond acceptors (Lipinski definition) is 1. The third-order valence-corrected chi connectivity index (χ3v) is 9.36. The van der Waals surface area contributed by atoms with Gasteiger partial charge in [-0.25, -0.2) is 0 Å². The van der Waals surface area contributed by atoms with Crippen molar-refractivity contribution in [3.63, 3.8) is 0 Å². The average Bonchev–Trinajstić information content (AvgIpc) is 3.31. The lowest BCUT2D eigenvalue weighted by atomic mass is 9.87. The zero-order valence-corrected chi connectivity index (χ0v) is 28.6. The van der Waals surface area contributed by atoms with Gasteiger partial charge in [0, 0.05) is 1.43 Å². The molecular weight excluding hydrogens is 542 g/mol. The monoisotopic (exact) mass is 601 g/mol. The van der Waals surface area contributed by atoms with Crippen LogP contribution < -0.4 is 0 Å². The minimum absolute atomic E-state index is 0. The fraction of sp³-hybridized carbons (Fsp3) is 0.409. The molecule has 0 N–H and O–H groups in total. The van der Waals surface area contributed by atoms with Crippen LogP contribution in [0.4, 0.5) is 0 Å². The minimum Gasteiger partial charge on any atom is -0.192 e. The molecule has 1 heteroatoms. The molecule has 2 unspecified atom stereocenters. The lowest BCUT2D eigenvalue weighted by Crippen LogP contribution is -2.06. The quantitative estimate of drug-likeness (QED) is 0.109. The van der Waals surface area contributed by atoms with Crippen LogP contribution in [-0.4, -0.2) is 0 Å². The van der Waals surface area contributed by atoms with Gasteiger partial charge in [0.05, 0.1) is 11.6 Å². The highest BCUT2D eigenvalue weighted by molar-refractivity contribution is 5.82. The molecule has 3 aromatic carbocycles. The van der Waals surface area contributed by atoms with E-state index in [4.69, 9.17) is 5.26 Å². The molecule has 0 heterocycles. The molecular formula is C44H59N. The predicted molar refractivity (Wildman–Crippen MR) is 201 cm³/mol. The highest BCUT2D eigenvalue weighted by Crippen LogP contribution is 2.34. The first-order chi connectivity index (χ1) is 21.3. The number of nitrogens with zero attached hydrogens (tertiary/aromatic N) is 1. The van der Waals surface area contributed by atoms with E-state index in [9.17, 15) is 0 Å². The van der Waals surface area contributed by atoms with E-state index in [1.165, 1.54) is 87.8 Å². The Morgan fingerprint density at radius 2 is 1.53 bits per heavy atom. The van der Waals surface area contributed by atoms with Crippen LogP contribution in [0.25, 0.3) is 17.2 Å². The second kappa shape index (κ2) is 18.8. The van der Waals surface area contributed by atoms with Gasteiger partial charge < -0.3 is 0 Å². The first kappa shape index (κ1) is 37.3. The molecule has 0 aromatic heterocycles. The fourth-order valence-corrected chi connectivity index (χ4v) is 6.23. The Morgan fingerprint density at radius 3 is 2.18 bits per heavy atom. The van der Waals surface area contributed by atoms with Crippen molar-refractivity contribution in [2.45, 2.75) is 108 Å². The molecule has 1 aliphatic rings. The normalized spacial score (nSPS) is 16.8. The Bertz CT molecular complexity index is 1540. The van der Waals surface area contributed by atoms with Crippen LogP contribution in [0.3, 0.4) is 0 Å². The number of benzene rings is 3. The number of allylic oxidation sites excluding steroid dienone is 4. The first-order valence-corrected chi connectivity index (χ1v) is 16.8. The summed E-state index contributed by atoms with van der Waals surface area (Å²) < 4.78 is 0. The van der Waals surface area contributed by atoms with Gasteiger partial charge in [0.25, 0.3) is 0 Å². The standard InChI is InChI=1S/C41H47N.C2H6.CH4.H2/c1-7-34-16-24-39(25-17-34)33(6)29(2)14-15-30(3)37-12-9-11-35(18-21-37)27-40-13-8-10-31(4)41(40)26-32(5)38-22-19-36(28-42)20-23-38;1-2;;/h8,10,13-14,16-17,19-20,22-26,35,37H,7,9,11-12,18,21,27H2,1-6H3;1-2H3;1H4;1H/b32-26+,33-29+;;;. The van der Waals surface area contributed by atoms with Gasteiger partial charge in [0.1, 0.15) is 0 Å². The van der Waals surface area contributed by atoms with Crippen LogP contribution in [0.1, 0.15) is 128 Å². The maximum atomic E-state index is 9.15. The largest absolute Gasteiger partial charge is 0.192 e. The van der Waals surface area contributed by atoms with Gasteiger partial charge in [-0.2, -0.15) is 5.26 Å². The summed E-state index contributed by atoms with van der Waals surface area (Å²) in [6, 6.07) is 25.9. The Hall–Kier alpha value is -3.85. The maximum Gasteiger partial charge on any atom is 0.0991 e. The summed E-state index contributed by atoms with van der Waals surface area (Å²) in [5.41, 5.74) is 17.7. The van der Waals surface area contributed by atoms with Crippen LogP contribution >= 0.6 is 0 Å². The van der Waals surface area contributed by atoms with Gasteiger partial charge in [-0.15, -0.1) is 5.73 Å². The zero-order valence-electron chi connectivity index (χ0n) is 28.6. The second-order valence-electron chi connectivity index (χ2n) is 12.3.